The van der Waals surface area contributed by atoms with Crippen LogP contribution in [0.25, 0.3) is 16.8 Å². The van der Waals surface area contributed by atoms with Gasteiger partial charge in [0.15, 0.2) is 10.8 Å². The summed E-state index contributed by atoms with van der Waals surface area (Å²) in [5.74, 6) is 1.30. The van der Waals surface area contributed by atoms with E-state index in [9.17, 15) is 0 Å². The van der Waals surface area contributed by atoms with Crippen LogP contribution in [0.2, 0.25) is 5.15 Å². The first kappa shape index (κ1) is 21.1. The van der Waals surface area contributed by atoms with E-state index in [2.05, 4.69) is 60.3 Å². The van der Waals surface area contributed by atoms with Crippen molar-refractivity contribution in [2.75, 3.05) is 6.61 Å². The molecular formula is C26H26ClN3O. The highest BCUT2D eigenvalue weighted by Crippen LogP contribution is 2.27. The van der Waals surface area contributed by atoms with Crippen molar-refractivity contribution >= 4 is 17.2 Å². The molecule has 31 heavy (non-hydrogen) atoms. The molecule has 5 heteroatoms. The summed E-state index contributed by atoms with van der Waals surface area (Å²) in [6.45, 7) is 5.11. The number of imidazole rings is 1. The molecule has 4 rings (SSSR count). The fourth-order valence-corrected chi connectivity index (χ4v) is 3.86. The Balaban J connectivity index is 1.33. The summed E-state index contributed by atoms with van der Waals surface area (Å²) in [5.41, 5.74) is 5.50. The van der Waals surface area contributed by atoms with E-state index in [1.165, 1.54) is 11.1 Å². The van der Waals surface area contributed by atoms with Gasteiger partial charge in [-0.3, -0.25) is 0 Å². The summed E-state index contributed by atoms with van der Waals surface area (Å²) < 4.78 is 7.72. The topological polar surface area (TPSA) is 39.4 Å². The molecule has 0 radical (unpaired) electrons. The average molecular weight is 432 g/mol. The lowest BCUT2D eigenvalue weighted by molar-refractivity contribution is 0.259. The van der Waals surface area contributed by atoms with Crippen LogP contribution >= 0.6 is 11.6 Å². The van der Waals surface area contributed by atoms with Crippen molar-refractivity contribution in [3.05, 3.63) is 95.4 Å². The lowest BCUT2D eigenvalue weighted by Gasteiger charge is -2.14. The number of fused-ring (bicyclic) bond motifs is 1. The average Bonchev–Trinajstić information content (AvgIpc) is 3.25. The number of nitrogens with zero attached hydrogens (tertiary/aromatic N) is 3. The van der Waals surface area contributed by atoms with Gasteiger partial charge in [0.25, 0.3) is 0 Å². The number of allylic oxidation sites excluding steroid dienone is 2. The summed E-state index contributed by atoms with van der Waals surface area (Å²) in [5, 5.41) is 4.67. The van der Waals surface area contributed by atoms with Crippen molar-refractivity contribution in [1.82, 2.24) is 14.6 Å². The first-order valence-electron chi connectivity index (χ1n) is 10.5. The third-order valence-corrected chi connectivity index (χ3v) is 5.41. The second-order valence-corrected chi connectivity index (χ2v) is 8.35. The van der Waals surface area contributed by atoms with Crippen molar-refractivity contribution in [3.8, 4) is 16.9 Å². The third-order valence-electron chi connectivity index (χ3n) is 5.23. The molecule has 4 nitrogen and oxygen atoms in total. The van der Waals surface area contributed by atoms with Crippen molar-refractivity contribution in [3.63, 3.8) is 0 Å². The van der Waals surface area contributed by atoms with Crippen molar-refractivity contribution in [1.29, 1.82) is 0 Å². The molecular weight excluding hydrogens is 406 g/mol. The molecule has 4 aromatic rings. The Kier molecular flexibility index (Phi) is 6.68. The molecule has 0 saturated heterocycles. The number of ether oxygens (including phenoxy) is 1. The number of rotatable bonds is 8. The molecule has 2 aromatic carbocycles. The minimum Gasteiger partial charge on any atom is -0.493 e. The molecule has 2 heterocycles. The predicted molar refractivity (Wildman–Crippen MR) is 127 cm³/mol. The number of hydrogen-bond acceptors (Lipinski definition) is 3. The van der Waals surface area contributed by atoms with Crippen LogP contribution in [0, 0.1) is 5.92 Å². The van der Waals surface area contributed by atoms with Crippen molar-refractivity contribution < 1.29 is 4.74 Å². The quantitative estimate of drug-likeness (QED) is 0.293. The Morgan fingerprint density at radius 1 is 1.13 bits per heavy atom. The normalized spacial score (nSPS) is 12.8. The van der Waals surface area contributed by atoms with Crippen molar-refractivity contribution in [2.24, 2.45) is 5.92 Å². The van der Waals surface area contributed by atoms with E-state index in [0.717, 1.165) is 35.4 Å². The zero-order chi connectivity index (χ0) is 21.6. The largest absolute Gasteiger partial charge is 0.493 e. The van der Waals surface area contributed by atoms with Gasteiger partial charge in [0.05, 0.1) is 6.61 Å². The lowest BCUT2D eigenvalue weighted by Crippen LogP contribution is -2.09. The van der Waals surface area contributed by atoms with E-state index in [1.54, 1.807) is 16.9 Å². The first-order chi connectivity index (χ1) is 15.1. The van der Waals surface area contributed by atoms with Crippen LogP contribution in [0.5, 0.6) is 5.75 Å². The van der Waals surface area contributed by atoms with E-state index >= 15 is 0 Å². The molecule has 2 aromatic heterocycles. The second kappa shape index (κ2) is 9.80. The van der Waals surface area contributed by atoms with Crippen LogP contribution in [0.3, 0.4) is 0 Å². The lowest BCUT2D eigenvalue weighted by atomic mass is 10.0. The molecule has 1 unspecified atom stereocenters. The van der Waals surface area contributed by atoms with Gasteiger partial charge >= 0.3 is 0 Å². The highest BCUT2D eigenvalue weighted by molar-refractivity contribution is 6.29. The number of benzene rings is 2. The van der Waals surface area contributed by atoms with Gasteiger partial charge in [-0.25, -0.2) is 9.50 Å². The number of aromatic nitrogens is 3. The SMILES string of the molecule is CC(=CCc1ccccc1)CC(C)COc1ccc(-c2cc(Cl)nn3ccnc23)cc1. The highest BCUT2D eigenvalue weighted by Gasteiger charge is 2.09. The fourth-order valence-electron chi connectivity index (χ4n) is 3.67. The van der Waals surface area contributed by atoms with Crippen LogP contribution in [-0.4, -0.2) is 21.2 Å². The molecule has 0 N–H and O–H groups in total. The molecule has 0 saturated carbocycles. The first-order valence-corrected chi connectivity index (χ1v) is 10.9. The Bertz CT molecular complexity index is 1170. The molecule has 0 aliphatic heterocycles. The Hall–Kier alpha value is -3.11. The van der Waals surface area contributed by atoms with Gasteiger partial charge in [0.1, 0.15) is 5.75 Å². The molecule has 0 aliphatic carbocycles. The van der Waals surface area contributed by atoms with Crippen LogP contribution < -0.4 is 4.74 Å². The molecule has 158 valence electrons. The molecule has 0 fully saturated rings. The minimum atomic E-state index is 0.436. The zero-order valence-corrected chi connectivity index (χ0v) is 18.6. The Morgan fingerprint density at radius 3 is 2.68 bits per heavy atom. The number of halogens is 1. The van der Waals surface area contributed by atoms with Gasteiger partial charge in [-0.15, -0.1) is 0 Å². The molecule has 0 amide bonds. The molecule has 0 aliphatic rings. The maximum absolute atomic E-state index is 6.16. The van der Waals surface area contributed by atoms with Gasteiger partial charge in [0, 0.05) is 18.0 Å². The van der Waals surface area contributed by atoms with Crippen LogP contribution in [-0.2, 0) is 6.42 Å². The summed E-state index contributed by atoms with van der Waals surface area (Å²) in [4.78, 5) is 4.39. The Labute approximate surface area is 188 Å². The molecule has 1 atom stereocenters. The van der Waals surface area contributed by atoms with Crippen molar-refractivity contribution in [2.45, 2.75) is 26.7 Å². The number of hydrogen-bond donors (Lipinski definition) is 0. The molecule has 0 spiro atoms. The third kappa shape index (κ3) is 5.53. The van der Waals surface area contributed by atoms with E-state index in [1.807, 2.05) is 30.3 Å². The maximum Gasteiger partial charge on any atom is 0.161 e. The van der Waals surface area contributed by atoms with Crippen LogP contribution in [0.4, 0.5) is 0 Å². The van der Waals surface area contributed by atoms with Gasteiger partial charge in [-0.2, -0.15) is 5.10 Å². The van der Waals surface area contributed by atoms with Gasteiger partial charge in [-0.1, -0.05) is 72.6 Å². The van der Waals surface area contributed by atoms with Crippen LogP contribution in [0.15, 0.2) is 84.7 Å². The van der Waals surface area contributed by atoms with Gasteiger partial charge < -0.3 is 4.74 Å². The van der Waals surface area contributed by atoms with E-state index in [4.69, 9.17) is 16.3 Å². The second-order valence-electron chi connectivity index (χ2n) is 7.96. The van der Waals surface area contributed by atoms with Gasteiger partial charge in [0.2, 0.25) is 0 Å². The fraction of sp³-hybridized carbons (Fsp3) is 0.231. The summed E-state index contributed by atoms with van der Waals surface area (Å²) in [6.07, 6.45) is 7.83. The maximum atomic E-state index is 6.16. The smallest absolute Gasteiger partial charge is 0.161 e. The summed E-state index contributed by atoms with van der Waals surface area (Å²) in [6, 6.07) is 20.4. The monoisotopic (exact) mass is 431 g/mol. The predicted octanol–water partition coefficient (Wildman–Crippen LogP) is 6.64. The summed E-state index contributed by atoms with van der Waals surface area (Å²) in [7, 11) is 0. The minimum absolute atomic E-state index is 0.436. The molecule has 0 bridgehead atoms. The highest BCUT2D eigenvalue weighted by atomic mass is 35.5. The Morgan fingerprint density at radius 2 is 1.90 bits per heavy atom. The van der Waals surface area contributed by atoms with E-state index in [-0.39, 0.29) is 0 Å². The summed E-state index contributed by atoms with van der Waals surface area (Å²) >= 11 is 6.16. The van der Waals surface area contributed by atoms with E-state index < -0.39 is 0 Å². The van der Waals surface area contributed by atoms with Gasteiger partial charge in [-0.05, 0) is 55.0 Å². The standard InChI is InChI=1S/C26H26ClN3O/c1-19(8-9-21-6-4-3-5-7-21)16-20(2)18-31-23-12-10-22(11-13-23)24-17-25(27)29-30-15-14-28-26(24)30/h3-8,10-15,17,20H,9,16,18H2,1-2H3. The zero-order valence-electron chi connectivity index (χ0n) is 17.8. The van der Waals surface area contributed by atoms with Crippen LogP contribution in [0.1, 0.15) is 25.8 Å². The van der Waals surface area contributed by atoms with E-state index in [0.29, 0.717) is 17.7 Å².